The van der Waals surface area contributed by atoms with E-state index in [-0.39, 0.29) is 0 Å². The molecule has 0 unspecified atom stereocenters. The topological polar surface area (TPSA) is 42.7 Å². The molecule has 0 aliphatic heterocycles. The van der Waals surface area contributed by atoms with Gasteiger partial charge in [-0.2, -0.15) is 5.10 Å². The lowest BCUT2D eigenvalue weighted by Gasteiger charge is -2.04. The normalized spacial score (nSPS) is 10.7. The van der Waals surface area contributed by atoms with Crippen LogP contribution in [0.1, 0.15) is 23.7 Å². The summed E-state index contributed by atoms with van der Waals surface area (Å²) in [6.45, 7) is 6.73. The summed E-state index contributed by atoms with van der Waals surface area (Å²) in [5, 5.41) is 7.53. The van der Waals surface area contributed by atoms with E-state index in [9.17, 15) is 0 Å². The van der Waals surface area contributed by atoms with Gasteiger partial charge >= 0.3 is 0 Å². The van der Waals surface area contributed by atoms with Crippen LogP contribution in [0.15, 0.2) is 30.7 Å². The summed E-state index contributed by atoms with van der Waals surface area (Å²) in [5.41, 5.74) is 3.43. The van der Waals surface area contributed by atoms with E-state index in [4.69, 9.17) is 0 Å². The Bertz CT molecular complexity index is 459. The van der Waals surface area contributed by atoms with Crippen molar-refractivity contribution in [3.05, 3.63) is 47.5 Å². The second kappa shape index (κ2) is 5.59. The van der Waals surface area contributed by atoms with E-state index in [1.54, 1.807) is 0 Å². The van der Waals surface area contributed by atoms with Crippen molar-refractivity contribution in [1.29, 1.82) is 0 Å². The zero-order chi connectivity index (χ0) is 12.1. The first-order valence-electron chi connectivity index (χ1n) is 5.91. The summed E-state index contributed by atoms with van der Waals surface area (Å²) in [7, 11) is 0. The van der Waals surface area contributed by atoms with Gasteiger partial charge in [-0.05, 0) is 30.7 Å². The van der Waals surface area contributed by atoms with Gasteiger partial charge in [0.25, 0.3) is 0 Å². The molecule has 0 radical (unpaired) electrons. The SMILES string of the molecule is CCNCc1ccc(Cn2cc(C)cn2)nc1. The minimum Gasteiger partial charge on any atom is -0.313 e. The first-order chi connectivity index (χ1) is 8.28. The molecule has 90 valence electrons. The predicted molar refractivity (Wildman–Crippen MR) is 67.7 cm³/mol. The molecule has 0 spiro atoms. The van der Waals surface area contributed by atoms with Crippen molar-refractivity contribution in [1.82, 2.24) is 20.1 Å². The molecule has 1 N–H and O–H groups in total. The molecule has 0 atom stereocenters. The molecule has 2 aromatic rings. The fourth-order valence-corrected chi connectivity index (χ4v) is 1.64. The highest BCUT2D eigenvalue weighted by Crippen LogP contribution is 2.03. The highest BCUT2D eigenvalue weighted by atomic mass is 15.3. The molecule has 4 nitrogen and oxygen atoms in total. The average molecular weight is 230 g/mol. The third-order valence-corrected chi connectivity index (χ3v) is 2.55. The molecule has 0 amide bonds. The van der Waals surface area contributed by atoms with Crippen molar-refractivity contribution in [3.63, 3.8) is 0 Å². The summed E-state index contributed by atoms with van der Waals surface area (Å²) >= 11 is 0. The van der Waals surface area contributed by atoms with E-state index >= 15 is 0 Å². The summed E-state index contributed by atoms with van der Waals surface area (Å²) < 4.78 is 1.90. The maximum absolute atomic E-state index is 4.44. The lowest BCUT2D eigenvalue weighted by Crippen LogP contribution is -2.12. The van der Waals surface area contributed by atoms with Gasteiger partial charge in [0.15, 0.2) is 0 Å². The fraction of sp³-hybridized carbons (Fsp3) is 0.385. The third-order valence-electron chi connectivity index (χ3n) is 2.55. The molecule has 0 aliphatic rings. The van der Waals surface area contributed by atoms with Crippen LogP contribution in [-0.4, -0.2) is 21.3 Å². The summed E-state index contributed by atoms with van der Waals surface area (Å²) in [6, 6.07) is 4.17. The smallest absolute Gasteiger partial charge is 0.0831 e. The first kappa shape index (κ1) is 11.8. The Balaban J connectivity index is 1.98. The molecule has 17 heavy (non-hydrogen) atoms. The largest absolute Gasteiger partial charge is 0.313 e. The Hall–Kier alpha value is -1.68. The minimum atomic E-state index is 0.731. The van der Waals surface area contributed by atoms with E-state index in [0.717, 1.165) is 25.3 Å². The molecule has 4 heteroatoms. The van der Waals surface area contributed by atoms with E-state index in [0.29, 0.717) is 0 Å². The number of hydrogen-bond donors (Lipinski definition) is 1. The van der Waals surface area contributed by atoms with Crippen molar-refractivity contribution < 1.29 is 0 Å². The highest BCUT2D eigenvalue weighted by Gasteiger charge is 1.99. The number of nitrogens with zero attached hydrogens (tertiary/aromatic N) is 3. The number of aryl methyl sites for hydroxylation is 1. The Labute approximate surface area is 102 Å². The minimum absolute atomic E-state index is 0.731. The summed E-state index contributed by atoms with van der Waals surface area (Å²) in [4.78, 5) is 4.44. The van der Waals surface area contributed by atoms with Gasteiger partial charge in [0, 0.05) is 18.9 Å². The Morgan fingerprint density at radius 3 is 2.76 bits per heavy atom. The lowest BCUT2D eigenvalue weighted by atomic mass is 10.2. The fourth-order valence-electron chi connectivity index (χ4n) is 1.64. The van der Waals surface area contributed by atoms with Gasteiger partial charge in [0.1, 0.15) is 0 Å². The second-order valence-corrected chi connectivity index (χ2v) is 4.15. The predicted octanol–water partition coefficient (Wildman–Crippen LogP) is 1.74. The van der Waals surface area contributed by atoms with Crippen LogP contribution in [0.25, 0.3) is 0 Å². The van der Waals surface area contributed by atoms with Crippen molar-refractivity contribution in [3.8, 4) is 0 Å². The lowest BCUT2D eigenvalue weighted by molar-refractivity contribution is 0.669. The average Bonchev–Trinajstić information content (AvgIpc) is 2.74. The van der Waals surface area contributed by atoms with Crippen LogP contribution < -0.4 is 5.32 Å². The van der Waals surface area contributed by atoms with E-state index < -0.39 is 0 Å². The number of hydrogen-bond acceptors (Lipinski definition) is 3. The number of aromatic nitrogens is 3. The van der Waals surface area contributed by atoms with E-state index in [2.05, 4.69) is 34.5 Å². The van der Waals surface area contributed by atoms with Gasteiger partial charge in [-0.15, -0.1) is 0 Å². The quantitative estimate of drug-likeness (QED) is 0.851. The molecule has 0 saturated heterocycles. The Kier molecular flexibility index (Phi) is 3.88. The van der Waals surface area contributed by atoms with Crippen molar-refractivity contribution >= 4 is 0 Å². The Morgan fingerprint density at radius 1 is 1.29 bits per heavy atom. The standard InChI is InChI=1S/C13H18N4/c1-3-14-7-12-4-5-13(15-8-12)10-17-9-11(2)6-16-17/h4-6,8-9,14H,3,7,10H2,1-2H3. The van der Waals surface area contributed by atoms with Gasteiger partial charge in [0.05, 0.1) is 18.4 Å². The van der Waals surface area contributed by atoms with Crippen LogP contribution in [0.4, 0.5) is 0 Å². The van der Waals surface area contributed by atoms with Crippen LogP contribution in [0, 0.1) is 6.92 Å². The number of rotatable bonds is 5. The molecular formula is C13H18N4. The highest BCUT2D eigenvalue weighted by molar-refractivity contribution is 5.14. The van der Waals surface area contributed by atoms with Crippen molar-refractivity contribution in [2.45, 2.75) is 26.9 Å². The van der Waals surface area contributed by atoms with Crippen molar-refractivity contribution in [2.24, 2.45) is 0 Å². The molecule has 0 bridgehead atoms. The zero-order valence-electron chi connectivity index (χ0n) is 10.3. The first-order valence-corrected chi connectivity index (χ1v) is 5.91. The van der Waals surface area contributed by atoms with E-state index in [1.807, 2.05) is 30.2 Å². The third kappa shape index (κ3) is 3.39. The van der Waals surface area contributed by atoms with Gasteiger partial charge in [-0.3, -0.25) is 9.67 Å². The van der Waals surface area contributed by atoms with Crippen LogP contribution >= 0.6 is 0 Å². The maximum Gasteiger partial charge on any atom is 0.0831 e. The molecule has 0 fully saturated rings. The molecule has 0 aliphatic carbocycles. The molecule has 2 aromatic heterocycles. The number of nitrogens with one attached hydrogen (secondary N) is 1. The molecular weight excluding hydrogens is 212 g/mol. The van der Waals surface area contributed by atoms with Gasteiger partial charge in [-0.1, -0.05) is 13.0 Å². The molecule has 2 heterocycles. The summed E-state index contributed by atoms with van der Waals surface area (Å²) in [5.74, 6) is 0. The van der Waals surface area contributed by atoms with Gasteiger partial charge < -0.3 is 5.32 Å². The van der Waals surface area contributed by atoms with Crippen LogP contribution in [0.5, 0.6) is 0 Å². The van der Waals surface area contributed by atoms with Crippen molar-refractivity contribution in [2.75, 3.05) is 6.54 Å². The second-order valence-electron chi connectivity index (χ2n) is 4.15. The molecule has 0 aromatic carbocycles. The van der Waals surface area contributed by atoms with Gasteiger partial charge in [0.2, 0.25) is 0 Å². The zero-order valence-corrected chi connectivity index (χ0v) is 10.3. The van der Waals surface area contributed by atoms with Crippen LogP contribution in [0.3, 0.4) is 0 Å². The number of pyridine rings is 1. The maximum atomic E-state index is 4.44. The Morgan fingerprint density at radius 2 is 2.18 bits per heavy atom. The van der Waals surface area contributed by atoms with Gasteiger partial charge in [-0.25, -0.2) is 0 Å². The molecule has 2 rings (SSSR count). The summed E-state index contributed by atoms with van der Waals surface area (Å²) in [6.07, 6.45) is 5.81. The van der Waals surface area contributed by atoms with Crippen LogP contribution in [0.2, 0.25) is 0 Å². The van der Waals surface area contributed by atoms with Crippen LogP contribution in [-0.2, 0) is 13.1 Å². The molecule has 0 saturated carbocycles. The van der Waals surface area contributed by atoms with E-state index in [1.165, 1.54) is 11.1 Å². The monoisotopic (exact) mass is 230 g/mol.